The molecule has 0 saturated carbocycles. The number of anilines is 1. The number of benzene rings is 1. The van der Waals surface area contributed by atoms with Crippen LogP contribution in [0.15, 0.2) is 45.2 Å². The van der Waals surface area contributed by atoms with Crippen LogP contribution >= 0.6 is 22.9 Å². The van der Waals surface area contributed by atoms with E-state index in [4.69, 9.17) is 25.2 Å². The van der Waals surface area contributed by atoms with Crippen molar-refractivity contribution >= 4 is 45.8 Å². The molecule has 0 unspecified atom stereocenters. The van der Waals surface area contributed by atoms with Crippen LogP contribution in [-0.2, 0) is 6.42 Å². The average Bonchev–Trinajstić information content (AvgIpc) is 3.34. The smallest absolute Gasteiger partial charge is 0.322 e. The minimum Gasteiger partial charge on any atom is -0.493 e. The Balaban J connectivity index is 1.50. The maximum Gasteiger partial charge on any atom is 0.322 e. The van der Waals surface area contributed by atoms with Gasteiger partial charge in [0.05, 0.1) is 17.9 Å². The Hall–Kier alpha value is -2.84. The molecule has 26 heavy (non-hydrogen) atoms. The van der Waals surface area contributed by atoms with Crippen molar-refractivity contribution in [2.75, 3.05) is 12.4 Å². The van der Waals surface area contributed by atoms with Crippen LogP contribution in [-0.4, -0.2) is 23.2 Å². The molecule has 0 aliphatic carbocycles. The molecule has 3 aromatic heterocycles. The van der Waals surface area contributed by atoms with E-state index in [2.05, 4.69) is 15.5 Å². The summed E-state index contributed by atoms with van der Waals surface area (Å²) < 4.78 is 17.0. The molecule has 3 heterocycles. The summed E-state index contributed by atoms with van der Waals surface area (Å²) in [6.45, 7) is 0. The van der Waals surface area contributed by atoms with Crippen LogP contribution in [0.1, 0.15) is 21.3 Å². The summed E-state index contributed by atoms with van der Waals surface area (Å²) >= 11 is 7.33. The molecule has 1 aromatic carbocycles. The molecule has 1 N–H and O–H groups in total. The second-order valence-electron chi connectivity index (χ2n) is 5.33. The fraction of sp³-hybridized carbons (Fsp3) is 0.118. The monoisotopic (exact) mass is 389 g/mol. The summed E-state index contributed by atoms with van der Waals surface area (Å²) in [5.41, 5.74) is 0.501. The summed E-state index contributed by atoms with van der Waals surface area (Å²) in [6.07, 6.45) is 0.447. The first kappa shape index (κ1) is 16.6. The third-order valence-electron chi connectivity index (χ3n) is 3.59. The molecule has 0 aliphatic rings. The van der Waals surface area contributed by atoms with Gasteiger partial charge in [-0.1, -0.05) is 28.8 Å². The highest BCUT2D eigenvalue weighted by Crippen LogP contribution is 2.29. The molecule has 0 saturated heterocycles. The number of methoxy groups -OCH3 is 1. The third-order valence-corrected chi connectivity index (χ3v) is 4.82. The van der Waals surface area contributed by atoms with Crippen LogP contribution in [0.4, 0.5) is 6.01 Å². The predicted octanol–water partition coefficient (Wildman–Crippen LogP) is 4.38. The highest BCUT2D eigenvalue weighted by atomic mass is 35.5. The Kier molecular flexibility index (Phi) is 4.36. The van der Waals surface area contributed by atoms with Crippen LogP contribution in [0, 0.1) is 0 Å². The Morgan fingerprint density at radius 2 is 2.15 bits per heavy atom. The Labute approximate surface area is 156 Å². The van der Waals surface area contributed by atoms with Gasteiger partial charge in [-0.15, -0.1) is 16.4 Å². The largest absolute Gasteiger partial charge is 0.493 e. The number of amides is 1. The van der Waals surface area contributed by atoms with E-state index >= 15 is 0 Å². The fourth-order valence-electron chi connectivity index (χ4n) is 2.44. The molecule has 0 aliphatic heterocycles. The first-order chi connectivity index (χ1) is 12.6. The van der Waals surface area contributed by atoms with E-state index in [1.54, 1.807) is 18.2 Å². The van der Waals surface area contributed by atoms with Crippen molar-refractivity contribution in [1.29, 1.82) is 0 Å². The molecule has 0 atom stereocenters. The Morgan fingerprint density at radius 1 is 1.27 bits per heavy atom. The lowest BCUT2D eigenvalue weighted by atomic mass is 10.2. The summed E-state index contributed by atoms with van der Waals surface area (Å²) in [7, 11) is 1.54. The highest BCUT2D eigenvalue weighted by molar-refractivity contribution is 7.16. The minimum atomic E-state index is -0.488. The van der Waals surface area contributed by atoms with Crippen LogP contribution < -0.4 is 10.1 Å². The lowest BCUT2D eigenvalue weighted by molar-refractivity contribution is 0.0995. The number of para-hydroxylation sites is 1. The normalized spacial score (nSPS) is 11.0. The van der Waals surface area contributed by atoms with Crippen LogP contribution in [0.3, 0.4) is 0 Å². The van der Waals surface area contributed by atoms with E-state index < -0.39 is 5.91 Å². The van der Waals surface area contributed by atoms with Crippen LogP contribution in [0.25, 0.3) is 11.0 Å². The van der Waals surface area contributed by atoms with Crippen molar-refractivity contribution in [3.8, 4) is 5.75 Å². The summed E-state index contributed by atoms with van der Waals surface area (Å²) in [5.74, 6) is 0.563. The highest BCUT2D eigenvalue weighted by Gasteiger charge is 2.17. The van der Waals surface area contributed by atoms with Crippen molar-refractivity contribution in [2.45, 2.75) is 6.42 Å². The van der Waals surface area contributed by atoms with E-state index in [9.17, 15) is 4.79 Å². The van der Waals surface area contributed by atoms with Gasteiger partial charge in [-0.05, 0) is 24.3 Å². The SMILES string of the molecule is COc1cccc2cc(C(=O)Nc3nnc(Cc4ccc(Cl)s4)o3)oc12. The number of nitrogens with one attached hydrogen (secondary N) is 1. The molecule has 1 amide bonds. The van der Waals surface area contributed by atoms with Gasteiger partial charge in [0.25, 0.3) is 5.91 Å². The zero-order valence-corrected chi connectivity index (χ0v) is 15.1. The maximum absolute atomic E-state index is 12.4. The number of aromatic nitrogens is 2. The molecule has 0 radical (unpaired) electrons. The zero-order valence-electron chi connectivity index (χ0n) is 13.5. The zero-order chi connectivity index (χ0) is 18.1. The summed E-state index contributed by atoms with van der Waals surface area (Å²) in [6, 6.07) is 10.7. The van der Waals surface area contributed by atoms with Gasteiger partial charge in [-0.25, -0.2) is 0 Å². The molecule has 0 fully saturated rings. The predicted molar refractivity (Wildman–Crippen MR) is 97.2 cm³/mol. The van der Waals surface area contributed by atoms with Crippen LogP contribution in [0.5, 0.6) is 5.75 Å². The average molecular weight is 390 g/mol. The van der Waals surface area contributed by atoms with Gasteiger partial charge in [0.1, 0.15) is 0 Å². The Bertz CT molecular complexity index is 1080. The number of nitrogens with zero attached hydrogens (tertiary/aromatic N) is 2. The standard InChI is InChI=1S/C17H12ClN3O4S/c1-23-11-4-2-3-9-7-12(24-15(9)11)16(22)19-17-21-20-14(25-17)8-10-5-6-13(18)26-10/h2-7H,8H2,1H3,(H,19,21,22). The number of fused-ring (bicyclic) bond motifs is 1. The second-order valence-corrected chi connectivity index (χ2v) is 7.13. The van der Waals surface area contributed by atoms with E-state index in [-0.39, 0.29) is 11.8 Å². The van der Waals surface area contributed by atoms with E-state index in [0.29, 0.717) is 28.0 Å². The van der Waals surface area contributed by atoms with Crippen molar-refractivity contribution < 1.29 is 18.4 Å². The second kappa shape index (κ2) is 6.81. The number of furan rings is 1. The van der Waals surface area contributed by atoms with Crippen molar-refractivity contribution in [3.63, 3.8) is 0 Å². The number of hydrogen-bond acceptors (Lipinski definition) is 7. The van der Waals surface area contributed by atoms with Gasteiger partial charge in [0, 0.05) is 10.3 Å². The van der Waals surface area contributed by atoms with Gasteiger partial charge in [-0.2, -0.15) is 0 Å². The van der Waals surface area contributed by atoms with E-state index in [1.807, 2.05) is 18.2 Å². The number of carbonyl (C=O) groups is 1. The number of rotatable bonds is 5. The minimum absolute atomic E-state index is 0.0000687. The molecule has 0 bridgehead atoms. The first-order valence-electron chi connectivity index (χ1n) is 7.57. The molecule has 4 aromatic rings. The number of thiophene rings is 1. The lowest BCUT2D eigenvalue weighted by Crippen LogP contribution is -2.11. The third kappa shape index (κ3) is 3.29. The number of carbonyl (C=O) groups excluding carboxylic acids is 1. The van der Waals surface area contributed by atoms with Gasteiger partial charge in [-0.3, -0.25) is 10.1 Å². The van der Waals surface area contributed by atoms with Crippen molar-refractivity contribution in [1.82, 2.24) is 10.2 Å². The number of hydrogen-bond donors (Lipinski definition) is 1. The maximum atomic E-state index is 12.4. The fourth-order valence-corrected chi connectivity index (χ4v) is 3.52. The lowest BCUT2D eigenvalue weighted by Gasteiger charge is -1.98. The molecule has 0 spiro atoms. The van der Waals surface area contributed by atoms with Gasteiger partial charge >= 0.3 is 6.01 Å². The molecular formula is C17H12ClN3O4S. The van der Waals surface area contributed by atoms with E-state index in [1.165, 1.54) is 18.4 Å². The number of halogens is 1. The topological polar surface area (TPSA) is 90.4 Å². The summed E-state index contributed by atoms with van der Waals surface area (Å²) in [5, 5.41) is 11.0. The van der Waals surface area contributed by atoms with Crippen molar-refractivity contribution in [2.24, 2.45) is 0 Å². The molecule has 132 valence electrons. The number of ether oxygens (including phenoxy) is 1. The van der Waals surface area contributed by atoms with Crippen LogP contribution in [0.2, 0.25) is 4.34 Å². The van der Waals surface area contributed by atoms with Gasteiger partial charge in [0.15, 0.2) is 17.1 Å². The van der Waals surface area contributed by atoms with Gasteiger partial charge < -0.3 is 13.6 Å². The van der Waals surface area contributed by atoms with E-state index in [0.717, 1.165) is 10.3 Å². The molecule has 9 heteroatoms. The van der Waals surface area contributed by atoms with Gasteiger partial charge in [0.2, 0.25) is 5.89 Å². The quantitative estimate of drug-likeness (QED) is 0.544. The summed E-state index contributed by atoms with van der Waals surface area (Å²) in [4.78, 5) is 13.4. The molecular weight excluding hydrogens is 378 g/mol. The van der Waals surface area contributed by atoms with Crippen molar-refractivity contribution in [3.05, 3.63) is 57.3 Å². The Morgan fingerprint density at radius 3 is 2.92 bits per heavy atom. The molecule has 7 nitrogen and oxygen atoms in total. The molecule has 4 rings (SSSR count). The first-order valence-corrected chi connectivity index (χ1v) is 8.76.